The average molecular weight is 643 g/mol. The molecule has 50 heavy (non-hydrogen) atoms. The highest BCUT2D eigenvalue weighted by molar-refractivity contribution is 6.10. The molecule has 234 valence electrons. The van der Waals surface area contributed by atoms with E-state index in [1.807, 2.05) is 30.3 Å². The summed E-state index contributed by atoms with van der Waals surface area (Å²) in [6.45, 7) is 0. The van der Waals surface area contributed by atoms with Crippen LogP contribution in [0.4, 0.5) is 0 Å². The third-order valence-electron chi connectivity index (χ3n) is 9.16. The maximum absolute atomic E-state index is 5.34. The Morgan fingerprint density at radius 1 is 0.320 bits per heavy atom. The molecule has 8 nitrogen and oxygen atoms in total. The van der Waals surface area contributed by atoms with E-state index in [4.69, 9.17) is 9.97 Å². The van der Waals surface area contributed by atoms with Crippen LogP contribution in [0.25, 0.3) is 89.4 Å². The summed E-state index contributed by atoms with van der Waals surface area (Å²) in [5.74, 6) is 3.24. The van der Waals surface area contributed by atoms with Gasteiger partial charge in [-0.05, 0) is 54.6 Å². The van der Waals surface area contributed by atoms with Gasteiger partial charge in [0.15, 0.2) is 17.5 Å². The molecule has 0 saturated heterocycles. The minimum absolute atomic E-state index is 0.552. The largest absolute Gasteiger partial charge is 0.294 e. The fourth-order valence-electron chi connectivity index (χ4n) is 7.03. The number of hydrogen-bond acceptors (Lipinski definition) is 6. The SMILES string of the molecule is c1cnc(-c2cc(-c3ncccn3)cc(-c3nc(-n4c5ccccc5c5ccccc54)cc(-n4c5ccccc5c5ccccc54)n3)c2)nc1. The Kier molecular flexibility index (Phi) is 6.32. The van der Waals surface area contributed by atoms with Crippen molar-refractivity contribution >= 4 is 43.6 Å². The van der Waals surface area contributed by atoms with Crippen LogP contribution in [0.1, 0.15) is 0 Å². The second-order valence-corrected chi connectivity index (χ2v) is 12.1. The van der Waals surface area contributed by atoms with E-state index in [-0.39, 0.29) is 0 Å². The molecular weight excluding hydrogens is 617 g/mol. The lowest BCUT2D eigenvalue weighted by molar-refractivity contribution is 0.994. The Hall–Kier alpha value is -7.06. The van der Waals surface area contributed by atoms with Gasteiger partial charge >= 0.3 is 0 Å². The van der Waals surface area contributed by atoms with Crippen molar-refractivity contribution in [3.05, 3.63) is 158 Å². The Morgan fingerprint density at radius 3 is 1.00 bits per heavy atom. The fraction of sp³-hybridized carbons (Fsp3) is 0. The van der Waals surface area contributed by atoms with Gasteiger partial charge in [0.25, 0.3) is 0 Å². The maximum Gasteiger partial charge on any atom is 0.163 e. The molecule has 0 N–H and O–H groups in total. The van der Waals surface area contributed by atoms with Gasteiger partial charge in [-0.15, -0.1) is 0 Å². The summed E-state index contributed by atoms with van der Waals surface area (Å²) in [7, 11) is 0. The predicted molar refractivity (Wildman–Crippen MR) is 198 cm³/mol. The van der Waals surface area contributed by atoms with Crippen LogP contribution in [0, 0.1) is 0 Å². The van der Waals surface area contributed by atoms with Gasteiger partial charge in [0.2, 0.25) is 0 Å². The van der Waals surface area contributed by atoms with Crippen molar-refractivity contribution < 1.29 is 0 Å². The number of para-hydroxylation sites is 4. The number of aromatic nitrogens is 8. The van der Waals surface area contributed by atoms with E-state index in [0.717, 1.165) is 71.9 Å². The van der Waals surface area contributed by atoms with Gasteiger partial charge in [-0.2, -0.15) is 0 Å². The topological polar surface area (TPSA) is 87.2 Å². The van der Waals surface area contributed by atoms with Crippen molar-refractivity contribution in [1.82, 2.24) is 39.0 Å². The van der Waals surface area contributed by atoms with Crippen molar-refractivity contribution in [2.75, 3.05) is 0 Å². The highest BCUT2D eigenvalue weighted by atomic mass is 15.1. The number of nitrogens with zero attached hydrogens (tertiary/aromatic N) is 8. The number of rotatable bonds is 5. The second-order valence-electron chi connectivity index (χ2n) is 12.1. The lowest BCUT2D eigenvalue weighted by atomic mass is 10.0. The molecule has 0 radical (unpaired) electrons. The zero-order chi connectivity index (χ0) is 33.0. The summed E-state index contributed by atoms with van der Waals surface area (Å²) in [6, 6.07) is 45.7. The van der Waals surface area contributed by atoms with Crippen LogP contribution in [-0.2, 0) is 0 Å². The molecule has 0 spiro atoms. The van der Waals surface area contributed by atoms with Crippen LogP contribution in [0.15, 0.2) is 158 Å². The first-order valence-electron chi connectivity index (χ1n) is 16.4. The van der Waals surface area contributed by atoms with Crippen LogP contribution < -0.4 is 0 Å². The molecule has 5 aromatic carbocycles. The lowest BCUT2D eigenvalue weighted by Gasteiger charge is -2.15. The Balaban J connectivity index is 1.31. The van der Waals surface area contributed by atoms with Gasteiger partial charge in [-0.1, -0.05) is 72.8 Å². The quantitative estimate of drug-likeness (QED) is 0.186. The molecule has 0 saturated carbocycles. The summed E-state index contributed by atoms with van der Waals surface area (Å²) < 4.78 is 4.47. The second kappa shape index (κ2) is 11.3. The Bertz CT molecular complexity index is 2580. The summed E-state index contributed by atoms with van der Waals surface area (Å²) in [4.78, 5) is 29.0. The average Bonchev–Trinajstić information content (AvgIpc) is 3.71. The van der Waals surface area contributed by atoms with Crippen LogP contribution in [0.3, 0.4) is 0 Å². The number of hydrogen-bond donors (Lipinski definition) is 0. The van der Waals surface area contributed by atoms with E-state index in [1.165, 1.54) is 0 Å². The van der Waals surface area contributed by atoms with E-state index >= 15 is 0 Å². The molecule has 0 fully saturated rings. The minimum atomic E-state index is 0.552. The molecule has 0 aliphatic rings. The summed E-state index contributed by atoms with van der Waals surface area (Å²) in [6.07, 6.45) is 6.97. The van der Waals surface area contributed by atoms with E-state index < -0.39 is 0 Å². The van der Waals surface area contributed by atoms with Crippen LogP contribution in [0.5, 0.6) is 0 Å². The lowest BCUT2D eigenvalue weighted by Crippen LogP contribution is -2.06. The predicted octanol–water partition coefficient (Wildman–Crippen LogP) is 9.25. The maximum atomic E-state index is 5.34. The van der Waals surface area contributed by atoms with Gasteiger partial charge in [0.1, 0.15) is 11.6 Å². The zero-order valence-electron chi connectivity index (χ0n) is 26.6. The molecule has 8 heteroatoms. The highest BCUT2D eigenvalue weighted by Crippen LogP contribution is 2.36. The van der Waals surface area contributed by atoms with Crippen molar-refractivity contribution in [2.45, 2.75) is 0 Å². The fourth-order valence-corrected chi connectivity index (χ4v) is 7.03. The molecule has 0 amide bonds. The van der Waals surface area contributed by atoms with Gasteiger partial charge in [0.05, 0.1) is 22.1 Å². The minimum Gasteiger partial charge on any atom is -0.294 e. The van der Waals surface area contributed by atoms with E-state index in [0.29, 0.717) is 17.5 Å². The van der Waals surface area contributed by atoms with E-state index in [2.05, 4.69) is 132 Å². The summed E-state index contributed by atoms with van der Waals surface area (Å²) in [5.41, 5.74) is 6.69. The zero-order valence-corrected chi connectivity index (χ0v) is 26.6. The molecule has 0 atom stereocenters. The smallest absolute Gasteiger partial charge is 0.163 e. The van der Waals surface area contributed by atoms with Crippen molar-refractivity contribution in [3.8, 4) is 45.8 Å². The molecule has 0 aliphatic carbocycles. The first kappa shape index (κ1) is 28.0. The third kappa shape index (κ3) is 4.47. The van der Waals surface area contributed by atoms with E-state index in [1.54, 1.807) is 24.8 Å². The standard InChI is InChI=1S/C42H26N8/c1-5-15-34-30(11-1)31-12-2-6-16-35(31)49(34)38-26-39(50-36-17-7-3-13-32(36)33-14-4-8-18-37(33)50)48-42(47-38)29-24-27(40-43-19-9-20-44-40)23-28(25-29)41-45-21-10-22-46-41/h1-26H. The van der Waals surface area contributed by atoms with Crippen molar-refractivity contribution in [1.29, 1.82) is 0 Å². The van der Waals surface area contributed by atoms with Gasteiger partial charge in [-0.3, -0.25) is 9.13 Å². The third-order valence-corrected chi connectivity index (χ3v) is 9.16. The molecule has 10 rings (SSSR count). The highest BCUT2D eigenvalue weighted by Gasteiger charge is 2.20. The molecule has 5 aromatic heterocycles. The van der Waals surface area contributed by atoms with Crippen LogP contribution in [-0.4, -0.2) is 39.0 Å². The summed E-state index contributed by atoms with van der Waals surface area (Å²) >= 11 is 0. The van der Waals surface area contributed by atoms with Crippen molar-refractivity contribution in [3.63, 3.8) is 0 Å². The molecule has 10 aromatic rings. The normalized spacial score (nSPS) is 11.6. The monoisotopic (exact) mass is 642 g/mol. The van der Waals surface area contributed by atoms with Gasteiger partial charge in [-0.25, -0.2) is 29.9 Å². The van der Waals surface area contributed by atoms with Gasteiger partial charge in [0, 0.05) is 69.1 Å². The van der Waals surface area contributed by atoms with Crippen LogP contribution >= 0.6 is 0 Å². The molecule has 0 unspecified atom stereocenters. The Labute approximate surface area is 286 Å². The van der Waals surface area contributed by atoms with Gasteiger partial charge < -0.3 is 0 Å². The summed E-state index contributed by atoms with van der Waals surface area (Å²) in [5, 5.41) is 4.64. The molecule has 5 heterocycles. The van der Waals surface area contributed by atoms with Crippen molar-refractivity contribution in [2.24, 2.45) is 0 Å². The van der Waals surface area contributed by atoms with Crippen LogP contribution in [0.2, 0.25) is 0 Å². The first-order chi connectivity index (χ1) is 24.8. The molecular formula is C42H26N8. The first-order valence-corrected chi connectivity index (χ1v) is 16.4. The number of benzene rings is 5. The Morgan fingerprint density at radius 2 is 0.640 bits per heavy atom. The number of fused-ring (bicyclic) bond motifs is 6. The molecule has 0 bridgehead atoms. The van der Waals surface area contributed by atoms with E-state index in [9.17, 15) is 0 Å². The molecule has 0 aliphatic heterocycles.